The molecular formula is C7H7ClINO2. The van der Waals surface area contributed by atoms with Crippen LogP contribution < -0.4 is 5.73 Å². The molecule has 2 N–H and O–H groups in total. The highest BCUT2D eigenvalue weighted by atomic mass is 127. The standard InChI is InChI=1S/C7H7ClINO2/c1-12-7(11)4-2-5(8)6(10)9-3-4/h2-3H,10H2,1H3. The van der Waals surface area contributed by atoms with Gasteiger partial charge in [0, 0.05) is 0 Å². The fourth-order valence-electron chi connectivity index (χ4n) is 0.628. The maximum atomic E-state index is 11.0. The Bertz CT molecular complexity index is 307. The van der Waals surface area contributed by atoms with Crippen LogP contribution in [0.2, 0.25) is 0 Å². The third kappa shape index (κ3) is 2.07. The minimum atomic E-state index is -0.437. The van der Waals surface area contributed by atoms with Gasteiger partial charge in [0.25, 0.3) is 0 Å². The summed E-state index contributed by atoms with van der Waals surface area (Å²) in [6.45, 7) is 0. The zero-order chi connectivity index (χ0) is 9.14. The number of ether oxygens (including phenoxy) is 1. The molecule has 1 aliphatic heterocycles. The number of esters is 1. The predicted molar refractivity (Wildman–Crippen MR) is 57.2 cm³/mol. The molecule has 66 valence electrons. The minimum Gasteiger partial charge on any atom is -0.465 e. The van der Waals surface area contributed by atoms with Crippen LogP contribution in [0.3, 0.4) is 0 Å². The van der Waals surface area contributed by atoms with Crippen molar-refractivity contribution in [3.8, 4) is 0 Å². The van der Waals surface area contributed by atoms with Gasteiger partial charge in [-0.3, -0.25) is 0 Å². The van der Waals surface area contributed by atoms with Crippen molar-refractivity contribution in [2.75, 3.05) is 7.11 Å². The summed E-state index contributed by atoms with van der Waals surface area (Å²) in [5, 5.41) is 0.464. The third-order valence-electron chi connectivity index (χ3n) is 1.22. The quantitative estimate of drug-likeness (QED) is 0.450. The summed E-state index contributed by atoms with van der Waals surface area (Å²) in [6, 6.07) is 0. The van der Waals surface area contributed by atoms with E-state index in [0.717, 1.165) is 0 Å². The molecule has 1 rings (SSSR count). The molecule has 0 spiro atoms. The lowest BCUT2D eigenvalue weighted by Gasteiger charge is -2.04. The summed E-state index contributed by atoms with van der Waals surface area (Å²) in [4.78, 5) is 11.0. The molecule has 0 aromatic carbocycles. The molecule has 1 aliphatic rings. The second-order valence-corrected chi connectivity index (χ2v) is 4.82. The molecule has 3 nitrogen and oxygen atoms in total. The zero-order valence-corrected chi connectivity index (χ0v) is 9.22. The normalized spacial score (nSPS) is 16.7. The topological polar surface area (TPSA) is 52.3 Å². The summed E-state index contributed by atoms with van der Waals surface area (Å²) in [7, 11) is 1.34. The molecule has 0 aromatic heterocycles. The van der Waals surface area contributed by atoms with E-state index >= 15 is 0 Å². The summed E-state index contributed by atoms with van der Waals surface area (Å²) in [5.41, 5.74) is 6.05. The van der Waals surface area contributed by atoms with Crippen molar-refractivity contribution >= 4 is 42.3 Å². The zero-order valence-electron chi connectivity index (χ0n) is 6.30. The van der Waals surface area contributed by atoms with E-state index < -0.39 is 20.7 Å². The number of hydrogen-bond acceptors (Lipinski definition) is 3. The van der Waals surface area contributed by atoms with Gasteiger partial charge in [-0.1, -0.05) is 32.3 Å². The number of methoxy groups -OCH3 is 1. The highest BCUT2D eigenvalue weighted by molar-refractivity contribution is 14.2. The van der Waals surface area contributed by atoms with Crippen molar-refractivity contribution in [1.82, 2.24) is 0 Å². The van der Waals surface area contributed by atoms with Gasteiger partial charge in [-0.15, -0.1) is 0 Å². The Balaban J connectivity index is 2.94. The highest BCUT2D eigenvalue weighted by Gasteiger charge is 2.11. The van der Waals surface area contributed by atoms with Gasteiger partial charge in [0.15, 0.2) is 0 Å². The van der Waals surface area contributed by atoms with Crippen LogP contribution in [0.4, 0.5) is 0 Å². The molecule has 0 unspecified atom stereocenters. The van der Waals surface area contributed by atoms with Gasteiger partial charge in [-0.25, -0.2) is 4.79 Å². The van der Waals surface area contributed by atoms with E-state index in [1.165, 1.54) is 13.2 Å². The first-order valence-corrected chi connectivity index (χ1v) is 5.77. The molecule has 0 bridgehead atoms. The lowest BCUT2D eigenvalue weighted by molar-refractivity contribution is -0.135. The van der Waals surface area contributed by atoms with Gasteiger partial charge in [0.2, 0.25) is 0 Å². The Labute approximate surface area is 85.0 Å². The van der Waals surface area contributed by atoms with Gasteiger partial charge < -0.3 is 10.5 Å². The molecule has 0 saturated heterocycles. The van der Waals surface area contributed by atoms with Crippen LogP contribution in [0.25, 0.3) is 0 Å². The number of hydrogen-bond donors (Lipinski definition) is 1. The Morgan fingerprint density at radius 3 is 2.92 bits per heavy atom. The van der Waals surface area contributed by atoms with Gasteiger partial charge in [0.05, 0.1) is 21.4 Å². The van der Waals surface area contributed by atoms with Crippen molar-refractivity contribution < 1.29 is 9.53 Å². The summed E-state index contributed by atoms with van der Waals surface area (Å²) < 4.78 is 7.01. The van der Waals surface area contributed by atoms with Crippen molar-refractivity contribution in [3.05, 3.63) is 20.4 Å². The van der Waals surface area contributed by atoms with Crippen molar-refractivity contribution in [2.45, 2.75) is 0 Å². The SMILES string of the molecule is COC(=O)C1=CC(Cl)=C(N)I=C1. The van der Waals surface area contributed by atoms with Crippen LogP contribution >= 0.6 is 32.3 Å². The van der Waals surface area contributed by atoms with Crippen molar-refractivity contribution in [2.24, 2.45) is 5.73 Å². The van der Waals surface area contributed by atoms with E-state index in [0.29, 0.717) is 14.3 Å². The Morgan fingerprint density at radius 1 is 1.75 bits per heavy atom. The monoisotopic (exact) mass is 299 g/mol. The highest BCUT2D eigenvalue weighted by Crippen LogP contribution is 2.24. The van der Waals surface area contributed by atoms with Gasteiger partial charge >= 0.3 is 5.97 Å². The van der Waals surface area contributed by atoms with E-state index in [-0.39, 0.29) is 5.97 Å². The molecule has 5 heteroatoms. The van der Waals surface area contributed by atoms with Crippen molar-refractivity contribution in [1.29, 1.82) is 0 Å². The number of carbonyl (C=O) groups is 1. The summed E-state index contributed by atoms with van der Waals surface area (Å²) in [5.74, 6) is -0.361. The molecule has 0 saturated carbocycles. The first-order chi connectivity index (χ1) is 5.65. The van der Waals surface area contributed by atoms with Gasteiger partial charge in [0.1, 0.15) is 0 Å². The van der Waals surface area contributed by atoms with Crippen LogP contribution in [-0.4, -0.2) is 17.1 Å². The third-order valence-corrected chi connectivity index (χ3v) is 4.09. The number of halogens is 2. The second kappa shape index (κ2) is 4.04. The summed E-state index contributed by atoms with van der Waals surface area (Å²) >= 11 is 5.30. The van der Waals surface area contributed by atoms with Crippen LogP contribution in [0.15, 0.2) is 20.4 Å². The molecule has 1 heterocycles. The molecule has 0 aromatic rings. The van der Waals surface area contributed by atoms with E-state index in [4.69, 9.17) is 17.3 Å². The van der Waals surface area contributed by atoms with Crippen LogP contribution in [0.1, 0.15) is 0 Å². The molecule has 12 heavy (non-hydrogen) atoms. The second-order valence-electron chi connectivity index (χ2n) is 2.01. The number of allylic oxidation sites excluding steroid dienone is 2. The Hall–Kier alpha value is -0.360. The van der Waals surface area contributed by atoms with E-state index in [2.05, 4.69) is 4.74 Å². The molecule has 0 aliphatic carbocycles. The molecule has 0 fully saturated rings. The lowest BCUT2D eigenvalue weighted by atomic mass is 10.3. The molecule has 0 radical (unpaired) electrons. The largest absolute Gasteiger partial charge is 0.465 e. The van der Waals surface area contributed by atoms with E-state index in [9.17, 15) is 4.79 Å². The minimum absolute atomic E-state index is 0.361. The molecule has 0 atom stereocenters. The Morgan fingerprint density at radius 2 is 2.42 bits per heavy atom. The first-order valence-electron chi connectivity index (χ1n) is 3.07. The molecule has 0 amide bonds. The average Bonchev–Trinajstić information content (AvgIpc) is 2.08. The molecular weight excluding hydrogens is 292 g/mol. The summed E-state index contributed by atoms with van der Waals surface area (Å²) in [6.07, 6.45) is 1.53. The maximum Gasteiger partial charge on any atom is 0.338 e. The van der Waals surface area contributed by atoms with Crippen LogP contribution in [-0.2, 0) is 9.53 Å². The van der Waals surface area contributed by atoms with Crippen molar-refractivity contribution in [3.63, 3.8) is 0 Å². The van der Waals surface area contributed by atoms with Gasteiger partial charge in [-0.2, -0.15) is 0 Å². The predicted octanol–water partition coefficient (Wildman–Crippen LogP) is 1.24. The lowest BCUT2D eigenvalue weighted by Crippen LogP contribution is -2.08. The van der Waals surface area contributed by atoms with Crippen LogP contribution in [0.5, 0.6) is 0 Å². The van der Waals surface area contributed by atoms with Gasteiger partial charge in [-0.05, 0) is 10.1 Å². The number of rotatable bonds is 1. The number of carbonyl (C=O) groups excluding carboxylic acids is 1. The fourth-order valence-corrected chi connectivity index (χ4v) is 2.58. The fraction of sp³-hybridized carbons (Fsp3) is 0.143. The average molecular weight is 299 g/mol. The smallest absolute Gasteiger partial charge is 0.338 e. The van der Waals surface area contributed by atoms with Crippen LogP contribution in [0, 0.1) is 0 Å². The maximum absolute atomic E-state index is 11.0. The Kier molecular flexibility index (Phi) is 3.28. The van der Waals surface area contributed by atoms with E-state index in [1.54, 1.807) is 4.01 Å². The number of nitrogens with two attached hydrogens (primary N) is 1. The first kappa shape index (κ1) is 9.73. The van der Waals surface area contributed by atoms with E-state index in [1.807, 2.05) is 0 Å².